The van der Waals surface area contributed by atoms with Crippen molar-refractivity contribution in [3.05, 3.63) is 39.9 Å². The molecule has 2 amide bonds. The number of anilines is 1. The van der Waals surface area contributed by atoms with Crippen LogP contribution in [0.1, 0.15) is 42.7 Å². The summed E-state index contributed by atoms with van der Waals surface area (Å²) in [5.74, 6) is 0.981. The Morgan fingerprint density at radius 2 is 1.97 bits per heavy atom. The number of likely N-dealkylation sites (N-methyl/N-ethyl adjacent to an activating group) is 2. The number of nitrogens with one attached hydrogen (secondary N) is 1. The van der Waals surface area contributed by atoms with Crippen LogP contribution >= 0.6 is 11.6 Å². The number of nitrogen functional groups attached to an aromatic ring is 1. The molecule has 3 heterocycles. The quantitative estimate of drug-likeness (QED) is 0.343. The van der Waals surface area contributed by atoms with E-state index in [1.807, 2.05) is 38.6 Å². The van der Waals surface area contributed by atoms with Gasteiger partial charge < -0.3 is 30.2 Å². The number of methoxy groups -OCH3 is 1. The Labute approximate surface area is 224 Å². The van der Waals surface area contributed by atoms with E-state index < -0.39 is 0 Å². The molecule has 202 valence electrons. The van der Waals surface area contributed by atoms with Gasteiger partial charge in [0.2, 0.25) is 5.95 Å². The number of carbonyl (C=O) groups is 1. The van der Waals surface area contributed by atoms with E-state index in [2.05, 4.69) is 38.3 Å². The molecular weight excluding hydrogens is 492 g/mol. The SMILES string of the molecule is CCNC(=O)N(C)CCN(CC)CCCc1cn(Cc2ncc(C)c(OC)c2C)c2nc(N)nc(Cl)c12. The lowest BCUT2D eigenvalue weighted by molar-refractivity contribution is 0.196. The summed E-state index contributed by atoms with van der Waals surface area (Å²) in [7, 11) is 3.50. The van der Waals surface area contributed by atoms with Gasteiger partial charge in [-0.1, -0.05) is 18.5 Å². The lowest BCUT2D eigenvalue weighted by atomic mass is 10.1. The highest BCUT2D eigenvalue weighted by Crippen LogP contribution is 2.30. The summed E-state index contributed by atoms with van der Waals surface area (Å²) in [5.41, 5.74) is 10.6. The van der Waals surface area contributed by atoms with Gasteiger partial charge in [0.05, 0.1) is 24.7 Å². The number of rotatable bonds is 12. The van der Waals surface area contributed by atoms with E-state index in [0.717, 1.165) is 66.0 Å². The molecule has 0 spiro atoms. The van der Waals surface area contributed by atoms with E-state index in [1.165, 1.54) is 0 Å². The Morgan fingerprint density at radius 1 is 1.22 bits per heavy atom. The number of amides is 2. The van der Waals surface area contributed by atoms with Crippen molar-refractivity contribution in [2.75, 3.05) is 52.6 Å². The smallest absolute Gasteiger partial charge is 0.317 e. The van der Waals surface area contributed by atoms with Crippen molar-refractivity contribution < 1.29 is 9.53 Å². The summed E-state index contributed by atoms with van der Waals surface area (Å²) in [4.78, 5) is 29.4. The second-order valence-corrected chi connectivity index (χ2v) is 9.55. The van der Waals surface area contributed by atoms with Crippen molar-refractivity contribution in [1.29, 1.82) is 0 Å². The van der Waals surface area contributed by atoms with Crippen LogP contribution in [0.2, 0.25) is 5.15 Å². The van der Waals surface area contributed by atoms with Gasteiger partial charge in [0.25, 0.3) is 0 Å². The van der Waals surface area contributed by atoms with E-state index in [0.29, 0.717) is 30.4 Å². The topological polar surface area (TPSA) is 114 Å². The highest BCUT2D eigenvalue weighted by molar-refractivity contribution is 6.34. The summed E-state index contributed by atoms with van der Waals surface area (Å²) in [6.07, 6.45) is 5.64. The molecule has 3 aromatic heterocycles. The third-order valence-electron chi connectivity index (χ3n) is 6.63. The fraction of sp³-hybridized carbons (Fsp3) is 0.538. The number of hydrogen-bond acceptors (Lipinski definition) is 7. The maximum atomic E-state index is 12.0. The molecule has 0 bridgehead atoms. The van der Waals surface area contributed by atoms with Crippen molar-refractivity contribution in [3.63, 3.8) is 0 Å². The molecule has 0 aliphatic heterocycles. The van der Waals surface area contributed by atoms with Crippen LogP contribution in [-0.4, -0.2) is 82.2 Å². The summed E-state index contributed by atoms with van der Waals surface area (Å²) in [6.45, 7) is 12.5. The minimum Gasteiger partial charge on any atom is -0.496 e. The number of hydrogen-bond donors (Lipinski definition) is 2. The molecule has 11 heteroatoms. The molecule has 0 fully saturated rings. The Balaban J connectivity index is 1.76. The standard InChI is InChI=1S/C26H39ClN8O2/c1-7-29-26(36)33(5)12-13-34(8-2)11-9-10-19-15-35(24-21(19)23(27)31-25(28)32-24)16-20-18(4)22(37-6)17(3)14-30-20/h14-15H,7-13,16H2,1-6H3,(H,29,36)(H2,28,31,32). The van der Waals surface area contributed by atoms with Crippen LogP contribution in [0.15, 0.2) is 12.4 Å². The number of aromatic nitrogens is 4. The number of ether oxygens (including phenoxy) is 1. The highest BCUT2D eigenvalue weighted by atomic mass is 35.5. The predicted octanol–water partition coefficient (Wildman–Crippen LogP) is 3.65. The number of carbonyl (C=O) groups excluding carboxylic acids is 1. The highest BCUT2D eigenvalue weighted by Gasteiger charge is 2.18. The fourth-order valence-electron chi connectivity index (χ4n) is 4.54. The molecule has 37 heavy (non-hydrogen) atoms. The van der Waals surface area contributed by atoms with Crippen LogP contribution in [0.3, 0.4) is 0 Å². The third-order valence-corrected chi connectivity index (χ3v) is 6.91. The molecule has 0 radical (unpaired) electrons. The lowest BCUT2D eigenvalue weighted by Crippen LogP contribution is -2.41. The number of nitrogens with zero attached hydrogens (tertiary/aromatic N) is 6. The Hall–Kier alpha value is -3.11. The number of nitrogens with two attached hydrogens (primary N) is 1. The van der Waals surface area contributed by atoms with Crippen LogP contribution in [-0.2, 0) is 13.0 Å². The largest absolute Gasteiger partial charge is 0.496 e. The molecule has 0 aromatic carbocycles. The average Bonchev–Trinajstić information content (AvgIpc) is 3.20. The third kappa shape index (κ3) is 6.81. The van der Waals surface area contributed by atoms with Gasteiger partial charge in [0.15, 0.2) is 0 Å². The molecule has 3 rings (SSSR count). The van der Waals surface area contributed by atoms with Gasteiger partial charge >= 0.3 is 6.03 Å². The second-order valence-electron chi connectivity index (χ2n) is 9.19. The van der Waals surface area contributed by atoms with Crippen LogP contribution in [0, 0.1) is 13.8 Å². The number of halogens is 1. The zero-order valence-electron chi connectivity index (χ0n) is 22.8. The molecule has 3 N–H and O–H groups in total. The predicted molar refractivity (Wildman–Crippen MR) is 148 cm³/mol. The van der Waals surface area contributed by atoms with E-state index in [9.17, 15) is 4.79 Å². The van der Waals surface area contributed by atoms with Crippen LogP contribution in [0.25, 0.3) is 11.0 Å². The van der Waals surface area contributed by atoms with Gasteiger partial charge in [-0.25, -0.2) is 9.78 Å². The first-order valence-corrected chi connectivity index (χ1v) is 13.1. The first kappa shape index (κ1) is 28.5. The van der Waals surface area contributed by atoms with E-state index >= 15 is 0 Å². The number of fused-ring (bicyclic) bond motifs is 1. The summed E-state index contributed by atoms with van der Waals surface area (Å²) >= 11 is 6.56. The zero-order chi connectivity index (χ0) is 27.1. The van der Waals surface area contributed by atoms with E-state index in [4.69, 9.17) is 22.1 Å². The van der Waals surface area contributed by atoms with Crippen molar-refractivity contribution in [1.82, 2.24) is 34.6 Å². The Kier molecular flexibility index (Phi) is 9.93. The molecule has 0 atom stereocenters. The minimum absolute atomic E-state index is 0.0452. The zero-order valence-corrected chi connectivity index (χ0v) is 23.5. The molecule has 0 aliphatic carbocycles. The van der Waals surface area contributed by atoms with Crippen molar-refractivity contribution in [2.24, 2.45) is 0 Å². The first-order valence-electron chi connectivity index (χ1n) is 12.7. The monoisotopic (exact) mass is 530 g/mol. The van der Waals surface area contributed by atoms with E-state index in [-0.39, 0.29) is 12.0 Å². The van der Waals surface area contributed by atoms with Gasteiger partial charge in [-0.05, 0) is 52.3 Å². The fourth-order valence-corrected chi connectivity index (χ4v) is 4.83. The molecule has 0 saturated heterocycles. The van der Waals surface area contributed by atoms with Gasteiger partial charge in [-0.2, -0.15) is 4.98 Å². The van der Waals surface area contributed by atoms with Gasteiger partial charge in [-0.3, -0.25) is 4.98 Å². The maximum Gasteiger partial charge on any atom is 0.317 e. The van der Waals surface area contributed by atoms with Gasteiger partial charge in [0.1, 0.15) is 16.5 Å². The number of aryl methyl sites for hydroxylation is 2. The van der Waals surface area contributed by atoms with Crippen LogP contribution in [0.5, 0.6) is 5.75 Å². The molecule has 0 aliphatic rings. The van der Waals surface area contributed by atoms with Gasteiger partial charge in [0, 0.05) is 50.2 Å². The first-order chi connectivity index (χ1) is 17.7. The Bertz CT molecular complexity index is 1230. The molecule has 0 saturated carbocycles. The molecule has 3 aromatic rings. The Morgan fingerprint density at radius 3 is 2.65 bits per heavy atom. The summed E-state index contributed by atoms with van der Waals surface area (Å²) < 4.78 is 7.62. The van der Waals surface area contributed by atoms with Crippen LogP contribution < -0.4 is 15.8 Å². The lowest BCUT2D eigenvalue weighted by Gasteiger charge is -2.24. The normalized spacial score (nSPS) is 11.4. The maximum absolute atomic E-state index is 12.0. The molecule has 10 nitrogen and oxygen atoms in total. The average molecular weight is 531 g/mol. The van der Waals surface area contributed by atoms with E-state index in [1.54, 1.807) is 12.0 Å². The van der Waals surface area contributed by atoms with Crippen LogP contribution in [0.4, 0.5) is 10.7 Å². The molecular formula is C26H39ClN8O2. The summed E-state index contributed by atoms with van der Waals surface area (Å²) in [6, 6.07) is -0.0452. The van der Waals surface area contributed by atoms with Gasteiger partial charge in [-0.15, -0.1) is 0 Å². The number of pyridine rings is 1. The number of urea groups is 1. The summed E-state index contributed by atoms with van der Waals surface area (Å²) in [5, 5.41) is 4.02. The molecule has 0 unspecified atom stereocenters. The van der Waals surface area contributed by atoms with Crippen molar-refractivity contribution in [3.8, 4) is 5.75 Å². The van der Waals surface area contributed by atoms with Crippen molar-refractivity contribution >= 4 is 34.6 Å². The second kappa shape index (κ2) is 12.9. The van der Waals surface area contributed by atoms with Crippen molar-refractivity contribution in [2.45, 2.75) is 47.1 Å². The minimum atomic E-state index is -0.0452.